The van der Waals surface area contributed by atoms with Crippen molar-refractivity contribution in [3.05, 3.63) is 17.0 Å². The molecule has 0 saturated heterocycles. The molecule has 1 N–H and O–H groups in total. The Kier molecular flexibility index (Phi) is 7.87. The first kappa shape index (κ1) is 18.6. The van der Waals surface area contributed by atoms with Crippen LogP contribution in [0, 0.1) is 5.92 Å². The van der Waals surface area contributed by atoms with E-state index >= 15 is 0 Å². The molecule has 21 heavy (non-hydrogen) atoms. The van der Waals surface area contributed by atoms with E-state index in [1.807, 2.05) is 19.2 Å². The number of sulfonamides is 1. The molecule has 0 spiro atoms. The third-order valence-electron chi connectivity index (χ3n) is 3.77. The summed E-state index contributed by atoms with van der Waals surface area (Å²) in [4.78, 5) is 0. The van der Waals surface area contributed by atoms with Crippen LogP contribution in [0.25, 0.3) is 0 Å². The lowest BCUT2D eigenvalue weighted by molar-refractivity contribution is 0.340. The molecule has 6 heteroatoms. The van der Waals surface area contributed by atoms with Crippen molar-refractivity contribution in [1.29, 1.82) is 0 Å². The van der Waals surface area contributed by atoms with Gasteiger partial charge in [-0.15, -0.1) is 11.3 Å². The Morgan fingerprint density at radius 3 is 2.43 bits per heavy atom. The van der Waals surface area contributed by atoms with Gasteiger partial charge >= 0.3 is 0 Å². The van der Waals surface area contributed by atoms with E-state index in [1.165, 1.54) is 11.3 Å². The van der Waals surface area contributed by atoms with Crippen LogP contribution in [0.4, 0.5) is 0 Å². The summed E-state index contributed by atoms with van der Waals surface area (Å²) < 4.78 is 27.5. The Bertz CT molecular complexity index is 507. The quantitative estimate of drug-likeness (QED) is 0.715. The van der Waals surface area contributed by atoms with Crippen molar-refractivity contribution in [2.75, 3.05) is 19.6 Å². The zero-order chi connectivity index (χ0) is 15.9. The lowest BCUT2D eigenvalue weighted by Crippen LogP contribution is -2.34. The normalized spacial score (nSPS) is 12.5. The predicted molar refractivity (Wildman–Crippen MR) is 90.2 cm³/mol. The second-order valence-electron chi connectivity index (χ2n) is 5.19. The molecule has 4 nitrogen and oxygen atoms in total. The number of hydrogen-bond acceptors (Lipinski definition) is 4. The molecule has 0 fully saturated rings. The van der Waals surface area contributed by atoms with Crippen molar-refractivity contribution in [1.82, 2.24) is 9.62 Å². The first-order valence-electron chi connectivity index (χ1n) is 7.77. The smallest absolute Gasteiger partial charge is 0.252 e. The van der Waals surface area contributed by atoms with E-state index in [-0.39, 0.29) is 0 Å². The fourth-order valence-electron chi connectivity index (χ4n) is 2.21. The maximum absolute atomic E-state index is 12.7. The summed E-state index contributed by atoms with van der Waals surface area (Å²) in [5.41, 5.74) is 1.04. The molecule has 0 aliphatic rings. The molecule has 1 heterocycles. The Morgan fingerprint density at radius 2 is 1.90 bits per heavy atom. The summed E-state index contributed by atoms with van der Waals surface area (Å²) in [7, 11) is -3.35. The summed E-state index contributed by atoms with van der Waals surface area (Å²) in [6.45, 7) is 10.9. The average molecular weight is 333 g/mol. The summed E-state index contributed by atoms with van der Waals surface area (Å²) in [5.74, 6) is 0.431. The van der Waals surface area contributed by atoms with Crippen LogP contribution in [0.2, 0.25) is 0 Å². The van der Waals surface area contributed by atoms with E-state index in [2.05, 4.69) is 19.2 Å². The summed E-state index contributed by atoms with van der Waals surface area (Å²) in [5, 5.41) is 5.15. The Balaban J connectivity index is 2.88. The molecule has 0 aliphatic carbocycles. The first-order valence-corrected chi connectivity index (χ1v) is 10.1. The van der Waals surface area contributed by atoms with Gasteiger partial charge in [0.15, 0.2) is 0 Å². The third kappa shape index (κ3) is 5.06. The van der Waals surface area contributed by atoms with Crippen LogP contribution in [-0.2, 0) is 16.6 Å². The maximum atomic E-state index is 12.7. The van der Waals surface area contributed by atoms with Gasteiger partial charge in [0.1, 0.15) is 4.21 Å². The highest BCUT2D eigenvalue weighted by atomic mass is 32.2. The Morgan fingerprint density at radius 1 is 1.24 bits per heavy atom. The molecule has 1 aromatic heterocycles. The van der Waals surface area contributed by atoms with Gasteiger partial charge in [-0.3, -0.25) is 0 Å². The van der Waals surface area contributed by atoms with Crippen LogP contribution in [0.5, 0.6) is 0 Å². The molecule has 0 atom stereocenters. The molecular weight excluding hydrogens is 304 g/mol. The fourth-order valence-corrected chi connectivity index (χ4v) is 5.10. The van der Waals surface area contributed by atoms with Crippen molar-refractivity contribution >= 4 is 21.4 Å². The number of nitrogens with one attached hydrogen (secondary N) is 1. The number of hydrogen-bond donors (Lipinski definition) is 1. The molecule has 0 unspecified atom stereocenters. The van der Waals surface area contributed by atoms with Gasteiger partial charge in [0.2, 0.25) is 0 Å². The summed E-state index contributed by atoms with van der Waals surface area (Å²) in [6.07, 6.45) is 2.03. The minimum atomic E-state index is -3.35. The van der Waals surface area contributed by atoms with Gasteiger partial charge in [-0.05, 0) is 29.5 Å². The van der Waals surface area contributed by atoms with E-state index < -0.39 is 10.0 Å². The van der Waals surface area contributed by atoms with Crippen LogP contribution < -0.4 is 5.32 Å². The molecule has 1 rings (SSSR count). The van der Waals surface area contributed by atoms with Gasteiger partial charge in [0.25, 0.3) is 10.0 Å². The van der Waals surface area contributed by atoms with Gasteiger partial charge < -0.3 is 5.32 Å². The minimum Gasteiger partial charge on any atom is -0.313 e. The Hall–Kier alpha value is -0.430. The van der Waals surface area contributed by atoms with E-state index in [4.69, 9.17) is 0 Å². The highest BCUT2D eigenvalue weighted by molar-refractivity contribution is 7.91. The van der Waals surface area contributed by atoms with Crippen molar-refractivity contribution in [2.24, 2.45) is 5.92 Å². The average Bonchev–Trinajstić information content (AvgIpc) is 2.95. The van der Waals surface area contributed by atoms with E-state index in [0.29, 0.717) is 23.2 Å². The molecule has 0 amide bonds. The lowest BCUT2D eigenvalue weighted by Gasteiger charge is -2.24. The van der Waals surface area contributed by atoms with Gasteiger partial charge in [0.05, 0.1) is 0 Å². The van der Waals surface area contributed by atoms with Crippen LogP contribution >= 0.6 is 11.3 Å². The van der Waals surface area contributed by atoms with Crippen molar-refractivity contribution in [2.45, 2.75) is 51.3 Å². The fraction of sp³-hybridized carbons (Fsp3) is 0.733. The molecule has 0 radical (unpaired) electrons. The second-order valence-corrected chi connectivity index (χ2v) is 8.27. The van der Waals surface area contributed by atoms with Crippen molar-refractivity contribution < 1.29 is 8.42 Å². The van der Waals surface area contributed by atoms with Gasteiger partial charge in [-0.1, -0.05) is 40.5 Å². The molecule has 1 aromatic rings. The van der Waals surface area contributed by atoms with Gasteiger partial charge in [-0.2, -0.15) is 4.31 Å². The van der Waals surface area contributed by atoms with Crippen LogP contribution in [0.3, 0.4) is 0 Å². The number of thiophene rings is 1. The van der Waals surface area contributed by atoms with E-state index in [9.17, 15) is 8.42 Å². The van der Waals surface area contributed by atoms with E-state index in [1.54, 1.807) is 10.4 Å². The molecule has 122 valence electrons. The van der Waals surface area contributed by atoms with E-state index in [0.717, 1.165) is 31.5 Å². The zero-order valence-electron chi connectivity index (χ0n) is 13.6. The molecular formula is C15H28N2O2S2. The van der Waals surface area contributed by atoms with Gasteiger partial charge in [-0.25, -0.2) is 8.42 Å². The minimum absolute atomic E-state index is 0.431. The lowest BCUT2D eigenvalue weighted by atomic mass is 10.0. The summed E-state index contributed by atoms with van der Waals surface area (Å²) in [6, 6.07) is 1.80. The molecule has 0 saturated carbocycles. The van der Waals surface area contributed by atoms with Crippen LogP contribution in [0.15, 0.2) is 15.7 Å². The van der Waals surface area contributed by atoms with Crippen LogP contribution in [-0.4, -0.2) is 32.4 Å². The van der Waals surface area contributed by atoms with Crippen molar-refractivity contribution in [3.63, 3.8) is 0 Å². The maximum Gasteiger partial charge on any atom is 0.252 e. The number of nitrogens with zero attached hydrogens (tertiary/aromatic N) is 1. The summed E-state index contributed by atoms with van der Waals surface area (Å²) >= 11 is 1.32. The standard InChI is InChI=1S/C15H28N2O2S2/c1-5-13(6-2)11-17(8-4)21(18,19)15-9-14(12-20-15)10-16-7-3/h9,12-13,16H,5-8,10-11H2,1-4H3. The molecule has 0 bridgehead atoms. The zero-order valence-corrected chi connectivity index (χ0v) is 15.2. The topological polar surface area (TPSA) is 49.4 Å². The second kappa shape index (κ2) is 8.88. The van der Waals surface area contributed by atoms with Crippen LogP contribution in [0.1, 0.15) is 46.1 Å². The highest BCUT2D eigenvalue weighted by Gasteiger charge is 2.26. The first-order chi connectivity index (χ1) is 9.99. The largest absolute Gasteiger partial charge is 0.313 e. The molecule has 0 aromatic carbocycles. The monoisotopic (exact) mass is 332 g/mol. The highest BCUT2D eigenvalue weighted by Crippen LogP contribution is 2.25. The van der Waals surface area contributed by atoms with Crippen molar-refractivity contribution in [3.8, 4) is 0 Å². The molecule has 0 aliphatic heterocycles. The van der Waals surface area contributed by atoms with Gasteiger partial charge in [0, 0.05) is 19.6 Å². The Labute approximate surface area is 133 Å². The SMILES string of the molecule is CCNCc1csc(S(=O)(=O)N(CC)CC(CC)CC)c1. The third-order valence-corrected chi connectivity index (χ3v) is 7.18. The predicted octanol–water partition coefficient (Wildman–Crippen LogP) is 3.30. The number of rotatable bonds is 10.